The van der Waals surface area contributed by atoms with Crippen LogP contribution in [0, 0.1) is 6.42 Å². The standard InChI is InChI=1S/C18H21O4.W/c19-10-1-12-21-17-6-2-15(3-7-17)14-16-4-8-18(9-5-16)22-13-11-20;/h1-9,19-20H,10-14H2;/q-1;. The van der Waals surface area contributed by atoms with Crippen molar-refractivity contribution in [3.63, 3.8) is 0 Å². The second-order valence-corrected chi connectivity index (χ2v) is 4.82. The van der Waals surface area contributed by atoms with Crippen LogP contribution >= 0.6 is 0 Å². The zero-order valence-electron chi connectivity index (χ0n) is 12.9. The Balaban J connectivity index is 0.00000264. The minimum atomic E-state index is 0. The summed E-state index contributed by atoms with van der Waals surface area (Å²) in [5.74, 6) is 1.56. The fraction of sp³-hybridized carbons (Fsp3) is 0.278. The summed E-state index contributed by atoms with van der Waals surface area (Å²) in [5, 5.41) is 17.4. The largest absolute Gasteiger partial charge is 0.525 e. The summed E-state index contributed by atoms with van der Waals surface area (Å²) >= 11 is 0. The van der Waals surface area contributed by atoms with Crippen molar-refractivity contribution in [2.75, 3.05) is 26.4 Å². The van der Waals surface area contributed by atoms with Crippen molar-refractivity contribution in [3.8, 4) is 11.5 Å². The summed E-state index contributed by atoms with van der Waals surface area (Å²) in [6.45, 7) is 0.766. The molecule has 0 aliphatic heterocycles. The van der Waals surface area contributed by atoms with Gasteiger partial charge in [-0.05, 0) is 48.4 Å². The fourth-order valence-electron chi connectivity index (χ4n) is 2.01. The SMILES string of the molecule is OC[CH-]COc1ccc(Cc2ccc(OCCO)cc2)cc1.[W]. The maximum atomic E-state index is 8.72. The molecule has 2 N–H and O–H groups in total. The molecule has 0 saturated carbocycles. The molecule has 0 radical (unpaired) electrons. The number of benzene rings is 2. The van der Waals surface area contributed by atoms with E-state index >= 15 is 0 Å². The molecule has 0 aliphatic rings. The molecule has 2 rings (SSSR count). The van der Waals surface area contributed by atoms with Crippen LogP contribution in [0.4, 0.5) is 0 Å². The van der Waals surface area contributed by atoms with Crippen LogP contribution < -0.4 is 9.47 Å². The minimum absolute atomic E-state index is 0. The van der Waals surface area contributed by atoms with Gasteiger partial charge < -0.3 is 19.7 Å². The molecular formula is C18H21O4W-. The van der Waals surface area contributed by atoms with Gasteiger partial charge in [-0.25, -0.2) is 0 Å². The van der Waals surface area contributed by atoms with E-state index in [2.05, 4.69) is 0 Å². The Bertz CT molecular complexity index is 540. The van der Waals surface area contributed by atoms with Gasteiger partial charge in [0.05, 0.1) is 6.61 Å². The number of aliphatic hydroxyl groups is 2. The van der Waals surface area contributed by atoms with E-state index in [0.29, 0.717) is 13.2 Å². The molecule has 2 aromatic carbocycles. The summed E-state index contributed by atoms with van der Waals surface area (Å²) in [6.07, 6.45) is 2.50. The number of ether oxygens (including phenoxy) is 2. The smallest absolute Gasteiger partial charge is 0.119 e. The first-order chi connectivity index (χ1) is 10.8. The fourth-order valence-corrected chi connectivity index (χ4v) is 2.01. The Kier molecular flexibility index (Phi) is 9.61. The number of hydrogen-bond donors (Lipinski definition) is 2. The Hall–Kier alpha value is -1.35. The van der Waals surface area contributed by atoms with E-state index in [9.17, 15) is 0 Å². The van der Waals surface area contributed by atoms with Gasteiger partial charge in [-0.3, -0.25) is 6.42 Å². The van der Waals surface area contributed by atoms with Crippen molar-refractivity contribution in [1.29, 1.82) is 0 Å². The molecule has 124 valence electrons. The van der Waals surface area contributed by atoms with Crippen LogP contribution in [0.5, 0.6) is 11.5 Å². The maximum absolute atomic E-state index is 8.72. The number of rotatable bonds is 9. The summed E-state index contributed by atoms with van der Waals surface area (Å²) < 4.78 is 10.8. The molecule has 5 heteroatoms. The monoisotopic (exact) mass is 485 g/mol. The van der Waals surface area contributed by atoms with Gasteiger partial charge in [0.1, 0.15) is 18.1 Å². The predicted molar refractivity (Wildman–Crippen MR) is 85.2 cm³/mol. The molecule has 2 aromatic rings. The van der Waals surface area contributed by atoms with E-state index in [4.69, 9.17) is 19.7 Å². The zero-order chi connectivity index (χ0) is 15.6. The van der Waals surface area contributed by atoms with Crippen LogP contribution in [0.15, 0.2) is 48.5 Å². The first kappa shape index (κ1) is 19.7. The van der Waals surface area contributed by atoms with Crippen LogP contribution in [0.1, 0.15) is 11.1 Å². The summed E-state index contributed by atoms with van der Waals surface area (Å²) in [5.41, 5.74) is 2.39. The van der Waals surface area contributed by atoms with Crippen molar-refractivity contribution in [3.05, 3.63) is 66.1 Å². The van der Waals surface area contributed by atoms with E-state index in [1.807, 2.05) is 48.5 Å². The quantitative estimate of drug-likeness (QED) is 0.423. The van der Waals surface area contributed by atoms with Crippen molar-refractivity contribution in [2.45, 2.75) is 6.42 Å². The Labute approximate surface area is 151 Å². The first-order valence-electron chi connectivity index (χ1n) is 7.28. The van der Waals surface area contributed by atoms with Gasteiger partial charge >= 0.3 is 0 Å². The van der Waals surface area contributed by atoms with Crippen LogP contribution in [0.3, 0.4) is 0 Å². The van der Waals surface area contributed by atoms with Crippen molar-refractivity contribution < 1.29 is 40.8 Å². The van der Waals surface area contributed by atoms with Gasteiger partial charge in [0.2, 0.25) is 0 Å². The van der Waals surface area contributed by atoms with E-state index in [1.54, 1.807) is 6.42 Å². The average molecular weight is 485 g/mol. The number of aliphatic hydroxyl groups excluding tert-OH is 2. The molecule has 0 bridgehead atoms. The van der Waals surface area contributed by atoms with E-state index < -0.39 is 0 Å². The minimum Gasteiger partial charge on any atom is -0.525 e. The van der Waals surface area contributed by atoms with Crippen LogP contribution in [-0.2, 0) is 27.5 Å². The molecule has 0 unspecified atom stereocenters. The molecule has 0 atom stereocenters. The maximum Gasteiger partial charge on any atom is 0.119 e. The van der Waals surface area contributed by atoms with Gasteiger partial charge in [-0.15, -0.1) is 0 Å². The molecule has 0 spiro atoms. The van der Waals surface area contributed by atoms with E-state index in [0.717, 1.165) is 17.9 Å². The Morgan fingerprint density at radius 1 is 0.783 bits per heavy atom. The molecule has 0 amide bonds. The Morgan fingerprint density at radius 2 is 1.30 bits per heavy atom. The van der Waals surface area contributed by atoms with Crippen LogP contribution in [0.2, 0.25) is 0 Å². The predicted octanol–water partition coefficient (Wildman–Crippen LogP) is 2.22. The Morgan fingerprint density at radius 3 is 1.78 bits per heavy atom. The van der Waals surface area contributed by atoms with Gasteiger partial charge in [-0.1, -0.05) is 30.9 Å². The molecule has 23 heavy (non-hydrogen) atoms. The molecule has 0 aliphatic carbocycles. The molecule has 0 fully saturated rings. The normalized spacial score (nSPS) is 10.0. The summed E-state index contributed by atoms with van der Waals surface area (Å²) in [6, 6.07) is 15.8. The third kappa shape index (κ3) is 7.17. The molecule has 0 heterocycles. The van der Waals surface area contributed by atoms with Gasteiger partial charge in [0.25, 0.3) is 0 Å². The van der Waals surface area contributed by atoms with Crippen molar-refractivity contribution in [2.24, 2.45) is 0 Å². The van der Waals surface area contributed by atoms with Gasteiger partial charge in [0, 0.05) is 21.1 Å². The van der Waals surface area contributed by atoms with Crippen LogP contribution in [0.25, 0.3) is 0 Å². The third-order valence-electron chi connectivity index (χ3n) is 3.11. The topological polar surface area (TPSA) is 58.9 Å². The average Bonchev–Trinajstić information content (AvgIpc) is 2.56. The molecule has 0 saturated heterocycles. The number of hydrogen-bond acceptors (Lipinski definition) is 4. The summed E-state index contributed by atoms with van der Waals surface area (Å²) in [7, 11) is 0. The van der Waals surface area contributed by atoms with Gasteiger partial charge in [-0.2, -0.15) is 0 Å². The van der Waals surface area contributed by atoms with Crippen LogP contribution in [-0.4, -0.2) is 36.6 Å². The van der Waals surface area contributed by atoms with Crippen molar-refractivity contribution in [1.82, 2.24) is 0 Å². The third-order valence-corrected chi connectivity index (χ3v) is 3.11. The second kappa shape index (κ2) is 11.2. The first-order valence-corrected chi connectivity index (χ1v) is 7.28. The van der Waals surface area contributed by atoms with E-state index in [-0.39, 0.29) is 34.3 Å². The zero-order valence-corrected chi connectivity index (χ0v) is 15.8. The molecular weight excluding hydrogens is 464 g/mol. The second-order valence-electron chi connectivity index (χ2n) is 4.82. The summed E-state index contributed by atoms with van der Waals surface area (Å²) in [4.78, 5) is 0. The molecule has 4 nitrogen and oxygen atoms in total. The molecule has 0 aromatic heterocycles. The van der Waals surface area contributed by atoms with E-state index in [1.165, 1.54) is 11.1 Å². The van der Waals surface area contributed by atoms with Gasteiger partial charge in [0.15, 0.2) is 0 Å². The van der Waals surface area contributed by atoms with Crippen molar-refractivity contribution >= 4 is 0 Å².